The molecule has 0 bridgehead atoms. The van der Waals surface area contributed by atoms with Crippen LogP contribution < -0.4 is 10.9 Å². The van der Waals surface area contributed by atoms with Crippen molar-refractivity contribution in [3.63, 3.8) is 0 Å². The molecule has 1 aromatic heterocycles. The smallest absolute Gasteiger partial charge is 0.252 e. The number of carbonyl (C=O) groups is 1. The molecule has 92 valence electrons. The number of ether oxygens (including phenoxy) is 1. The molecule has 0 spiro atoms. The molecule has 17 heavy (non-hydrogen) atoms. The van der Waals surface area contributed by atoms with Crippen molar-refractivity contribution in [3.05, 3.63) is 34.2 Å². The van der Waals surface area contributed by atoms with E-state index < -0.39 is 0 Å². The third kappa shape index (κ3) is 2.94. The van der Waals surface area contributed by atoms with Gasteiger partial charge in [-0.1, -0.05) is 0 Å². The second-order valence-corrected chi connectivity index (χ2v) is 4.53. The summed E-state index contributed by atoms with van der Waals surface area (Å²) < 4.78 is 5.57. The van der Waals surface area contributed by atoms with Crippen LogP contribution in [0.15, 0.2) is 23.1 Å². The van der Waals surface area contributed by atoms with E-state index in [4.69, 9.17) is 4.74 Å². The van der Waals surface area contributed by atoms with Crippen LogP contribution in [0.4, 0.5) is 0 Å². The molecule has 2 rings (SSSR count). The monoisotopic (exact) mass is 236 g/mol. The largest absolute Gasteiger partial charge is 0.373 e. The second-order valence-electron chi connectivity index (χ2n) is 4.53. The lowest BCUT2D eigenvalue weighted by Crippen LogP contribution is -2.40. The third-order valence-corrected chi connectivity index (χ3v) is 2.97. The second kappa shape index (κ2) is 4.71. The van der Waals surface area contributed by atoms with Gasteiger partial charge in [-0.05, 0) is 25.8 Å². The fourth-order valence-electron chi connectivity index (χ4n) is 1.90. The Balaban J connectivity index is 1.93. The number of carbonyl (C=O) groups excluding carboxylic acids is 1. The van der Waals surface area contributed by atoms with Crippen LogP contribution in [-0.4, -0.2) is 29.6 Å². The molecule has 1 atom stereocenters. The number of aromatic amines is 1. The zero-order chi connectivity index (χ0) is 12.3. The number of aromatic nitrogens is 1. The molecule has 0 aromatic carbocycles. The van der Waals surface area contributed by atoms with Crippen LogP contribution in [0.1, 0.15) is 30.1 Å². The predicted molar refractivity (Wildman–Crippen MR) is 63.0 cm³/mol. The molecule has 5 heteroatoms. The van der Waals surface area contributed by atoms with Gasteiger partial charge in [0.2, 0.25) is 5.56 Å². The first-order chi connectivity index (χ1) is 8.09. The zero-order valence-corrected chi connectivity index (χ0v) is 9.79. The van der Waals surface area contributed by atoms with Gasteiger partial charge < -0.3 is 15.0 Å². The maximum Gasteiger partial charge on any atom is 0.252 e. The van der Waals surface area contributed by atoms with Crippen LogP contribution in [0.3, 0.4) is 0 Å². The van der Waals surface area contributed by atoms with Crippen molar-refractivity contribution in [3.8, 4) is 0 Å². The van der Waals surface area contributed by atoms with Gasteiger partial charge >= 0.3 is 0 Å². The molecule has 1 amide bonds. The average Bonchev–Trinajstić information content (AvgIpc) is 2.75. The Hall–Kier alpha value is -1.62. The number of H-pyrrole nitrogens is 1. The SMILES string of the molecule is CC1(CNC(=O)c2ccc(=O)[nH]c2)CCCO1. The maximum absolute atomic E-state index is 11.8. The molecule has 1 saturated heterocycles. The molecular weight excluding hydrogens is 220 g/mol. The van der Waals surface area contributed by atoms with E-state index in [0.717, 1.165) is 19.4 Å². The Labute approximate surface area is 99.2 Å². The normalized spacial score (nSPS) is 23.6. The minimum absolute atomic E-state index is 0.196. The van der Waals surface area contributed by atoms with Gasteiger partial charge in [-0.2, -0.15) is 0 Å². The van der Waals surface area contributed by atoms with Crippen LogP contribution in [0.5, 0.6) is 0 Å². The maximum atomic E-state index is 11.8. The minimum Gasteiger partial charge on any atom is -0.373 e. The standard InChI is InChI=1S/C12H16N2O3/c1-12(5-2-6-17-12)8-14-11(16)9-3-4-10(15)13-7-9/h3-4,7H,2,5-6,8H2,1H3,(H,13,15)(H,14,16). The van der Waals surface area contributed by atoms with Crippen molar-refractivity contribution in [1.29, 1.82) is 0 Å². The van der Waals surface area contributed by atoms with Crippen molar-refractivity contribution >= 4 is 5.91 Å². The van der Waals surface area contributed by atoms with Gasteiger partial charge in [0.1, 0.15) is 0 Å². The number of pyridine rings is 1. The molecule has 5 nitrogen and oxygen atoms in total. The summed E-state index contributed by atoms with van der Waals surface area (Å²) in [5.41, 5.74) is -0.0171. The average molecular weight is 236 g/mol. The summed E-state index contributed by atoms with van der Waals surface area (Å²) in [5.74, 6) is -0.196. The quantitative estimate of drug-likeness (QED) is 0.810. The van der Waals surface area contributed by atoms with Crippen molar-refractivity contribution < 1.29 is 9.53 Å². The van der Waals surface area contributed by atoms with Gasteiger partial charge in [-0.15, -0.1) is 0 Å². The number of hydrogen-bond donors (Lipinski definition) is 2. The number of nitrogens with one attached hydrogen (secondary N) is 2. The topological polar surface area (TPSA) is 71.2 Å². The summed E-state index contributed by atoms with van der Waals surface area (Å²) in [6.45, 7) is 3.24. The van der Waals surface area contributed by atoms with Gasteiger partial charge in [-0.25, -0.2) is 0 Å². The van der Waals surface area contributed by atoms with E-state index in [-0.39, 0.29) is 17.1 Å². The third-order valence-electron chi connectivity index (χ3n) is 2.97. The van der Waals surface area contributed by atoms with Crippen molar-refractivity contribution in [1.82, 2.24) is 10.3 Å². The molecule has 1 fully saturated rings. The Bertz CT molecular complexity index is 441. The lowest BCUT2D eigenvalue weighted by Gasteiger charge is -2.23. The van der Waals surface area contributed by atoms with Crippen molar-refractivity contribution in [2.24, 2.45) is 0 Å². The van der Waals surface area contributed by atoms with Gasteiger partial charge in [0, 0.05) is 25.4 Å². The first kappa shape index (κ1) is 11.9. The molecule has 0 radical (unpaired) electrons. The lowest BCUT2D eigenvalue weighted by atomic mass is 10.0. The molecule has 1 aromatic rings. The summed E-state index contributed by atoms with van der Waals surface area (Å²) in [4.78, 5) is 25.1. The van der Waals surface area contributed by atoms with E-state index in [1.807, 2.05) is 6.92 Å². The highest BCUT2D eigenvalue weighted by Crippen LogP contribution is 2.23. The molecule has 0 aliphatic carbocycles. The highest BCUT2D eigenvalue weighted by Gasteiger charge is 2.30. The zero-order valence-electron chi connectivity index (χ0n) is 9.79. The Morgan fingerprint density at radius 1 is 1.59 bits per heavy atom. The Morgan fingerprint density at radius 3 is 3.00 bits per heavy atom. The molecule has 1 unspecified atom stereocenters. The number of hydrogen-bond acceptors (Lipinski definition) is 3. The van der Waals surface area contributed by atoms with Crippen LogP contribution >= 0.6 is 0 Å². The first-order valence-corrected chi connectivity index (χ1v) is 5.70. The van der Waals surface area contributed by atoms with E-state index in [0.29, 0.717) is 12.1 Å². The molecule has 0 saturated carbocycles. The lowest BCUT2D eigenvalue weighted by molar-refractivity contribution is 0.0206. The predicted octanol–water partition coefficient (Wildman–Crippen LogP) is 0.674. The van der Waals surface area contributed by atoms with Gasteiger partial charge in [-0.3, -0.25) is 9.59 Å². The van der Waals surface area contributed by atoms with Crippen molar-refractivity contribution in [2.45, 2.75) is 25.4 Å². The fourth-order valence-corrected chi connectivity index (χ4v) is 1.90. The van der Waals surface area contributed by atoms with E-state index in [9.17, 15) is 9.59 Å². The number of amides is 1. The highest BCUT2D eigenvalue weighted by atomic mass is 16.5. The molecular formula is C12H16N2O3. The van der Waals surface area contributed by atoms with Crippen LogP contribution in [0.25, 0.3) is 0 Å². The van der Waals surface area contributed by atoms with Crippen LogP contribution in [0.2, 0.25) is 0 Å². The van der Waals surface area contributed by atoms with Gasteiger partial charge in [0.15, 0.2) is 0 Å². The van der Waals surface area contributed by atoms with E-state index >= 15 is 0 Å². The highest BCUT2D eigenvalue weighted by molar-refractivity contribution is 5.93. The molecule has 2 heterocycles. The van der Waals surface area contributed by atoms with E-state index in [1.165, 1.54) is 18.3 Å². The van der Waals surface area contributed by atoms with E-state index in [1.54, 1.807) is 0 Å². The van der Waals surface area contributed by atoms with Crippen LogP contribution in [-0.2, 0) is 4.74 Å². The minimum atomic E-state index is -0.252. The Kier molecular flexibility index (Phi) is 3.28. The van der Waals surface area contributed by atoms with Crippen molar-refractivity contribution in [2.75, 3.05) is 13.2 Å². The summed E-state index contributed by atoms with van der Waals surface area (Å²) in [5, 5.41) is 2.81. The van der Waals surface area contributed by atoms with Gasteiger partial charge in [0.25, 0.3) is 5.91 Å². The van der Waals surface area contributed by atoms with Gasteiger partial charge in [0.05, 0.1) is 11.2 Å². The van der Waals surface area contributed by atoms with Crippen LogP contribution in [0, 0.1) is 0 Å². The van der Waals surface area contributed by atoms with E-state index in [2.05, 4.69) is 10.3 Å². The summed E-state index contributed by atoms with van der Waals surface area (Å²) in [6.07, 6.45) is 3.40. The fraction of sp³-hybridized carbons (Fsp3) is 0.500. The number of rotatable bonds is 3. The summed E-state index contributed by atoms with van der Waals surface area (Å²) in [7, 11) is 0. The Morgan fingerprint density at radius 2 is 2.41 bits per heavy atom. The first-order valence-electron chi connectivity index (χ1n) is 5.70. The molecule has 1 aliphatic rings. The summed E-state index contributed by atoms with van der Waals surface area (Å²) >= 11 is 0. The molecule has 1 aliphatic heterocycles. The summed E-state index contributed by atoms with van der Waals surface area (Å²) in [6, 6.07) is 2.84. The molecule has 2 N–H and O–H groups in total.